The molecule has 0 radical (unpaired) electrons. The molecule has 140 valence electrons. The molecule has 0 rings (SSSR count). The molecule has 0 aromatic rings. The zero-order chi connectivity index (χ0) is 18.4. The summed E-state index contributed by atoms with van der Waals surface area (Å²) in [7, 11) is 0. The zero-order valence-electron chi connectivity index (χ0n) is 17.5. The minimum absolute atomic E-state index is 0.496. The molecular weight excluding hydrogens is 288 g/mol. The van der Waals surface area contributed by atoms with E-state index < -0.39 is 0 Å². The van der Waals surface area contributed by atoms with Crippen LogP contribution in [0.15, 0.2) is 36.5 Å². The third-order valence-electron chi connectivity index (χ3n) is 5.59. The molecule has 0 spiro atoms. The predicted molar refractivity (Wildman–Crippen MR) is 112 cm³/mol. The molecule has 0 heteroatoms. The van der Waals surface area contributed by atoms with Crippen LogP contribution in [0, 0.1) is 17.3 Å². The van der Waals surface area contributed by atoms with E-state index in [4.69, 9.17) is 0 Å². The second-order valence-electron chi connectivity index (χ2n) is 8.04. The van der Waals surface area contributed by atoms with E-state index >= 15 is 0 Å². The Labute approximate surface area is 153 Å². The van der Waals surface area contributed by atoms with Crippen molar-refractivity contribution in [3.63, 3.8) is 0 Å². The van der Waals surface area contributed by atoms with Gasteiger partial charge in [0.15, 0.2) is 0 Å². The monoisotopic (exact) mass is 332 g/mol. The molecule has 0 aromatic heterocycles. The van der Waals surface area contributed by atoms with E-state index in [1.807, 2.05) is 12.2 Å². The lowest BCUT2D eigenvalue weighted by Gasteiger charge is -2.35. The van der Waals surface area contributed by atoms with Crippen molar-refractivity contribution in [2.45, 2.75) is 99.3 Å². The summed E-state index contributed by atoms with van der Waals surface area (Å²) in [5.74, 6) is 1.60. The van der Waals surface area contributed by atoms with Gasteiger partial charge in [-0.25, -0.2) is 0 Å². The normalized spacial score (nSPS) is 15.7. The van der Waals surface area contributed by atoms with Crippen LogP contribution in [0.4, 0.5) is 0 Å². The van der Waals surface area contributed by atoms with Crippen molar-refractivity contribution in [3.8, 4) is 0 Å². The van der Waals surface area contributed by atoms with Crippen molar-refractivity contribution in [3.05, 3.63) is 36.5 Å². The summed E-state index contributed by atoms with van der Waals surface area (Å²) in [6.45, 7) is 18.0. The molecule has 0 aliphatic carbocycles. The predicted octanol–water partition coefficient (Wildman–Crippen LogP) is 8.50. The fourth-order valence-electron chi connectivity index (χ4n) is 4.28. The summed E-state index contributed by atoms with van der Waals surface area (Å²) in [5.41, 5.74) is 2.05. The Morgan fingerprint density at radius 3 is 2.08 bits per heavy atom. The topological polar surface area (TPSA) is 0 Å². The highest BCUT2D eigenvalue weighted by atomic mass is 14.3. The molecule has 0 saturated carbocycles. The Kier molecular flexibility index (Phi) is 13.1. The number of allylic oxidation sites excluding steroid dienone is 5. The van der Waals surface area contributed by atoms with Gasteiger partial charge in [-0.3, -0.25) is 0 Å². The first-order valence-electron chi connectivity index (χ1n) is 10.4. The van der Waals surface area contributed by atoms with Crippen molar-refractivity contribution in [1.82, 2.24) is 0 Å². The summed E-state index contributed by atoms with van der Waals surface area (Å²) in [6.07, 6.45) is 20.4. The molecule has 0 saturated heterocycles. The summed E-state index contributed by atoms with van der Waals surface area (Å²) in [6, 6.07) is 0. The number of hydrogen-bond donors (Lipinski definition) is 0. The van der Waals surface area contributed by atoms with Crippen molar-refractivity contribution >= 4 is 0 Å². The fourth-order valence-corrected chi connectivity index (χ4v) is 4.28. The Bertz CT molecular complexity index is 365. The zero-order valence-corrected chi connectivity index (χ0v) is 17.5. The van der Waals surface area contributed by atoms with Crippen LogP contribution in [0.5, 0.6) is 0 Å². The number of hydrogen-bond acceptors (Lipinski definition) is 0. The van der Waals surface area contributed by atoms with Gasteiger partial charge in [-0.15, -0.1) is 0 Å². The Morgan fingerprint density at radius 2 is 1.62 bits per heavy atom. The van der Waals surface area contributed by atoms with Crippen molar-refractivity contribution < 1.29 is 0 Å². The Balaban J connectivity index is 5.30. The molecule has 0 aliphatic rings. The van der Waals surface area contributed by atoms with E-state index in [1.54, 1.807) is 5.57 Å². The van der Waals surface area contributed by atoms with Crippen LogP contribution in [0.1, 0.15) is 99.3 Å². The molecule has 0 aliphatic heterocycles. The van der Waals surface area contributed by atoms with Crippen molar-refractivity contribution in [2.24, 2.45) is 17.3 Å². The van der Waals surface area contributed by atoms with Crippen LogP contribution in [0.25, 0.3) is 0 Å². The average Bonchev–Trinajstić information content (AvgIpc) is 2.54. The highest BCUT2D eigenvalue weighted by molar-refractivity contribution is 5.16. The second-order valence-corrected chi connectivity index (χ2v) is 8.04. The average molecular weight is 333 g/mol. The quantitative estimate of drug-likeness (QED) is 0.280. The first-order chi connectivity index (χ1) is 11.5. The summed E-state index contributed by atoms with van der Waals surface area (Å²) >= 11 is 0. The summed E-state index contributed by atoms with van der Waals surface area (Å²) in [5, 5.41) is 0. The van der Waals surface area contributed by atoms with Gasteiger partial charge in [0.05, 0.1) is 0 Å². The van der Waals surface area contributed by atoms with Crippen LogP contribution in [0.3, 0.4) is 0 Å². The number of rotatable bonds is 14. The smallest absolute Gasteiger partial charge is 0.0195 e. The highest BCUT2D eigenvalue weighted by Crippen LogP contribution is 2.41. The van der Waals surface area contributed by atoms with Crippen LogP contribution in [-0.2, 0) is 0 Å². The van der Waals surface area contributed by atoms with Crippen LogP contribution in [-0.4, -0.2) is 0 Å². The van der Waals surface area contributed by atoms with E-state index in [9.17, 15) is 0 Å². The fraction of sp³-hybridized carbons (Fsp3) is 0.750. The maximum absolute atomic E-state index is 3.78. The van der Waals surface area contributed by atoms with Gasteiger partial charge in [-0.1, -0.05) is 103 Å². The molecule has 2 atom stereocenters. The van der Waals surface area contributed by atoms with E-state index in [0.717, 1.165) is 11.8 Å². The molecule has 0 aromatic carbocycles. The van der Waals surface area contributed by atoms with Gasteiger partial charge in [0.2, 0.25) is 0 Å². The molecule has 0 heterocycles. The van der Waals surface area contributed by atoms with Crippen LogP contribution in [0.2, 0.25) is 0 Å². The van der Waals surface area contributed by atoms with Gasteiger partial charge < -0.3 is 0 Å². The molecule has 0 N–H and O–H groups in total. The first kappa shape index (κ1) is 23.2. The van der Waals surface area contributed by atoms with Gasteiger partial charge in [0.25, 0.3) is 0 Å². The maximum Gasteiger partial charge on any atom is -0.0195 e. The Morgan fingerprint density at radius 1 is 1.00 bits per heavy atom. The molecular formula is C24H44. The summed E-state index contributed by atoms with van der Waals surface area (Å²) < 4.78 is 0. The van der Waals surface area contributed by atoms with Gasteiger partial charge >= 0.3 is 0 Å². The van der Waals surface area contributed by atoms with Crippen LogP contribution >= 0.6 is 0 Å². The molecule has 24 heavy (non-hydrogen) atoms. The molecule has 0 amide bonds. The van der Waals surface area contributed by atoms with E-state index in [-0.39, 0.29) is 0 Å². The van der Waals surface area contributed by atoms with Gasteiger partial charge in [0.1, 0.15) is 0 Å². The lowest BCUT2D eigenvalue weighted by Crippen LogP contribution is -2.23. The molecule has 0 bridgehead atoms. The van der Waals surface area contributed by atoms with E-state index in [2.05, 4.69) is 60.3 Å². The van der Waals surface area contributed by atoms with Gasteiger partial charge in [-0.2, -0.15) is 0 Å². The summed E-state index contributed by atoms with van der Waals surface area (Å²) in [4.78, 5) is 0. The van der Waals surface area contributed by atoms with Gasteiger partial charge in [0, 0.05) is 0 Å². The molecule has 2 unspecified atom stereocenters. The van der Waals surface area contributed by atoms with Gasteiger partial charge in [-0.05, 0) is 49.9 Å². The third-order valence-corrected chi connectivity index (χ3v) is 5.59. The minimum atomic E-state index is 0.496. The van der Waals surface area contributed by atoms with Crippen LogP contribution < -0.4 is 0 Å². The first-order valence-corrected chi connectivity index (χ1v) is 10.4. The second kappa shape index (κ2) is 13.5. The lowest BCUT2D eigenvalue weighted by atomic mass is 9.70. The largest absolute Gasteiger partial charge is 0.0991 e. The molecule has 0 nitrogen and oxygen atoms in total. The van der Waals surface area contributed by atoms with E-state index in [1.165, 1.54) is 57.8 Å². The maximum atomic E-state index is 3.78. The van der Waals surface area contributed by atoms with E-state index in [0.29, 0.717) is 5.41 Å². The Hall–Kier alpha value is -0.780. The third kappa shape index (κ3) is 9.50. The van der Waals surface area contributed by atoms with Crippen molar-refractivity contribution in [2.75, 3.05) is 0 Å². The SMILES string of the molecule is C=C/C=C\C=C(/C)C(CC(CC)CCC)CC(C)(CCC)CCC. The minimum Gasteiger partial charge on any atom is -0.0991 e. The highest BCUT2D eigenvalue weighted by Gasteiger charge is 2.28. The standard InChI is InChI=1S/C24H44/c1-8-13-14-16-21(6)23(19-22(12-5)15-9-2)20-24(7,17-10-3)18-11-4/h8,13-14,16,22-23H,1,9-12,15,17-20H2,2-7H3/b14-13-,21-16+. The molecule has 0 fully saturated rings. The van der Waals surface area contributed by atoms with Crippen molar-refractivity contribution in [1.29, 1.82) is 0 Å². The lowest BCUT2D eigenvalue weighted by molar-refractivity contribution is 0.193.